The van der Waals surface area contributed by atoms with E-state index in [9.17, 15) is 14.7 Å². The highest BCUT2D eigenvalue weighted by Crippen LogP contribution is 2.20. The molecule has 1 heterocycles. The van der Waals surface area contributed by atoms with Crippen LogP contribution < -0.4 is 0 Å². The van der Waals surface area contributed by atoms with Crippen LogP contribution in [0.5, 0.6) is 0 Å². The quantitative estimate of drug-likeness (QED) is 0.770. The van der Waals surface area contributed by atoms with Crippen LogP contribution >= 0.6 is 0 Å². The standard InChI is InChI=1S/C13H22N2O4/c1-9(2)19-12(18)15-7-6-14(13(3,4)5)8-10(15)11(16)17/h10H,1,6-8H2,2-5H3,(H,16,17). The molecule has 0 aromatic rings. The Kier molecular flexibility index (Phi) is 4.57. The number of carbonyl (C=O) groups is 2. The smallest absolute Gasteiger partial charge is 0.415 e. The van der Waals surface area contributed by atoms with Gasteiger partial charge in [0.05, 0.1) is 5.76 Å². The van der Waals surface area contributed by atoms with Crippen LogP contribution in [0.15, 0.2) is 12.3 Å². The van der Waals surface area contributed by atoms with E-state index in [4.69, 9.17) is 4.74 Å². The van der Waals surface area contributed by atoms with Crippen LogP contribution in [0.1, 0.15) is 27.7 Å². The van der Waals surface area contributed by atoms with Gasteiger partial charge in [-0.3, -0.25) is 9.80 Å². The van der Waals surface area contributed by atoms with E-state index >= 15 is 0 Å². The number of carboxylic acid groups (broad SMARTS) is 1. The van der Waals surface area contributed by atoms with Gasteiger partial charge in [0.25, 0.3) is 0 Å². The van der Waals surface area contributed by atoms with Crippen LogP contribution in [0, 0.1) is 0 Å². The Bertz CT molecular complexity index is 387. The molecule has 1 amide bonds. The van der Waals surface area contributed by atoms with E-state index in [1.165, 1.54) is 4.90 Å². The fraction of sp³-hybridized carbons (Fsp3) is 0.692. The molecule has 0 radical (unpaired) electrons. The van der Waals surface area contributed by atoms with Gasteiger partial charge in [-0.1, -0.05) is 6.58 Å². The van der Waals surface area contributed by atoms with Crippen molar-refractivity contribution in [3.05, 3.63) is 12.3 Å². The molecule has 6 heteroatoms. The molecule has 1 atom stereocenters. The number of piperazine rings is 1. The summed E-state index contributed by atoms with van der Waals surface area (Å²) < 4.78 is 4.90. The van der Waals surface area contributed by atoms with Gasteiger partial charge in [0, 0.05) is 25.2 Å². The summed E-state index contributed by atoms with van der Waals surface area (Å²) in [5.74, 6) is -0.764. The maximum Gasteiger partial charge on any atom is 0.415 e. The fourth-order valence-corrected chi connectivity index (χ4v) is 2.03. The van der Waals surface area contributed by atoms with Crippen LogP contribution in [0.25, 0.3) is 0 Å². The molecule has 6 nitrogen and oxygen atoms in total. The summed E-state index contributed by atoms with van der Waals surface area (Å²) in [6.07, 6.45) is -0.645. The Morgan fingerprint density at radius 1 is 1.32 bits per heavy atom. The molecule has 1 aliphatic heterocycles. The monoisotopic (exact) mass is 270 g/mol. The maximum atomic E-state index is 11.8. The molecule has 0 spiro atoms. The Morgan fingerprint density at radius 2 is 1.89 bits per heavy atom. The largest absolute Gasteiger partial charge is 0.480 e. The summed E-state index contributed by atoms with van der Waals surface area (Å²) in [4.78, 5) is 26.5. The van der Waals surface area contributed by atoms with Crippen molar-refractivity contribution >= 4 is 12.1 Å². The van der Waals surface area contributed by atoms with Crippen molar-refractivity contribution in [1.29, 1.82) is 0 Å². The van der Waals surface area contributed by atoms with Gasteiger partial charge in [-0.25, -0.2) is 9.59 Å². The topological polar surface area (TPSA) is 70.1 Å². The van der Waals surface area contributed by atoms with Crippen LogP contribution in [0.2, 0.25) is 0 Å². The number of rotatable bonds is 2. The number of carbonyl (C=O) groups excluding carboxylic acids is 1. The fourth-order valence-electron chi connectivity index (χ4n) is 2.03. The van der Waals surface area contributed by atoms with Gasteiger partial charge in [0.15, 0.2) is 0 Å². The van der Waals surface area contributed by atoms with Crippen molar-refractivity contribution in [3.8, 4) is 0 Å². The lowest BCUT2D eigenvalue weighted by Crippen LogP contribution is -2.61. The zero-order valence-electron chi connectivity index (χ0n) is 12.0. The van der Waals surface area contributed by atoms with Crippen molar-refractivity contribution in [2.75, 3.05) is 19.6 Å². The lowest BCUT2D eigenvalue weighted by Gasteiger charge is -2.44. The summed E-state index contributed by atoms with van der Waals surface area (Å²) in [6.45, 7) is 12.4. The summed E-state index contributed by atoms with van der Waals surface area (Å²) in [5.41, 5.74) is -0.127. The Morgan fingerprint density at radius 3 is 2.32 bits per heavy atom. The molecular formula is C13H22N2O4. The number of aliphatic carboxylic acids is 1. The van der Waals surface area contributed by atoms with Crippen LogP contribution in [-0.2, 0) is 9.53 Å². The van der Waals surface area contributed by atoms with Gasteiger partial charge in [-0.05, 0) is 27.7 Å². The number of nitrogens with zero attached hydrogens (tertiary/aromatic N) is 2. The van der Waals surface area contributed by atoms with E-state index in [-0.39, 0.29) is 11.3 Å². The third kappa shape index (κ3) is 3.96. The predicted octanol–water partition coefficient (Wildman–Crippen LogP) is 1.53. The van der Waals surface area contributed by atoms with Gasteiger partial charge < -0.3 is 9.84 Å². The van der Waals surface area contributed by atoms with Crippen LogP contribution in [0.4, 0.5) is 4.79 Å². The second-order valence-corrected chi connectivity index (χ2v) is 5.73. The third-order valence-electron chi connectivity index (χ3n) is 3.11. The third-order valence-corrected chi connectivity index (χ3v) is 3.11. The first-order valence-electron chi connectivity index (χ1n) is 6.24. The second kappa shape index (κ2) is 5.61. The molecule has 0 aromatic carbocycles. The van der Waals surface area contributed by atoms with Crippen molar-refractivity contribution < 1.29 is 19.4 Å². The van der Waals surface area contributed by atoms with E-state index in [2.05, 4.69) is 11.5 Å². The number of ether oxygens (including phenoxy) is 1. The lowest BCUT2D eigenvalue weighted by molar-refractivity contribution is -0.145. The average Bonchev–Trinajstić information content (AvgIpc) is 2.25. The molecule has 1 N–H and O–H groups in total. The maximum absolute atomic E-state index is 11.8. The van der Waals surface area contributed by atoms with Crippen molar-refractivity contribution in [3.63, 3.8) is 0 Å². The zero-order chi connectivity index (χ0) is 14.8. The minimum Gasteiger partial charge on any atom is -0.480 e. The molecule has 1 rings (SSSR count). The van der Waals surface area contributed by atoms with Crippen LogP contribution in [-0.4, -0.2) is 58.2 Å². The number of hydrogen-bond donors (Lipinski definition) is 1. The highest BCUT2D eigenvalue weighted by atomic mass is 16.6. The van der Waals surface area contributed by atoms with Crippen molar-refractivity contribution in [2.24, 2.45) is 0 Å². The number of hydrogen-bond acceptors (Lipinski definition) is 4. The molecule has 0 aliphatic carbocycles. The van der Waals surface area contributed by atoms with E-state index in [0.717, 1.165) is 0 Å². The van der Waals surface area contributed by atoms with E-state index in [1.807, 2.05) is 20.8 Å². The molecule has 0 saturated carbocycles. The summed E-state index contributed by atoms with van der Waals surface area (Å²) in [6, 6.07) is -0.889. The minimum absolute atomic E-state index is 0.127. The first-order valence-corrected chi connectivity index (χ1v) is 6.24. The summed E-state index contributed by atoms with van der Waals surface area (Å²) in [7, 11) is 0. The Hall–Kier alpha value is -1.56. The Labute approximate surface area is 113 Å². The molecule has 19 heavy (non-hydrogen) atoms. The number of allylic oxidation sites excluding steroid dienone is 1. The van der Waals surface area contributed by atoms with Gasteiger partial charge in [-0.2, -0.15) is 0 Å². The molecule has 1 saturated heterocycles. The van der Waals surface area contributed by atoms with Crippen molar-refractivity contribution in [2.45, 2.75) is 39.3 Å². The summed E-state index contributed by atoms with van der Waals surface area (Å²) in [5, 5.41) is 9.28. The van der Waals surface area contributed by atoms with Gasteiger partial charge in [0.1, 0.15) is 6.04 Å². The highest BCUT2D eigenvalue weighted by molar-refractivity contribution is 5.81. The highest BCUT2D eigenvalue weighted by Gasteiger charge is 2.39. The Balaban J connectivity index is 2.83. The summed E-state index contributed by atoms with van der Waals surface area (Å²) >= 11 is 0. The van der Waals surface area contributed by atoms with E-state index < -0.39 is 18.1 Å². The molecule has 1 fully saturated rings. The van der Waals surface area contributed by atoms with E-state index in [1.54, 1.807) is 6.92 Å². The zero-order valence-corrected chi connectivity index (χ0v) is 12.0. The molecular weight excluding hydrogens is 248 g/mol. The molecule has 0 bridgehead atoms. The van der Waals surface area contributed by atoms with Crippen LogP contribution in [0.3, 0.4) is 0 Å². The minimum atomic E-state index is -1.02. The van der Waals surface area contributed by atoms with Gasteiger partial charge in [0.2, 0.25) is 0 Å². The number of amides is 1. The molecule has 1 unspecified atom stereocenters. The molecule has 1 aliphatic rings. The van der Waals surface area contributed by atoms with Gasteiger partial charge in [-0.15, -0.1) is 0 Å². The molecule has 0 aromatic heterocycles. The van der Waals surface area contributed by atoms with Crippen molar-refractivity contribution in [1.82, 2.24) is 9.80 Å². The lowest BCUT2D eigenvalue weighted by atomic mass is 10.0. The molecule has 108 valence electrons. The van der Waals surface area contributed by atoms with E-state index in [0.29, 0.717) is 19.6 Å². The van der Waals surface area contributed by atoms with Gasteiger partial charge >= 0.3 is 12.1 Å². The average molecular weight is 270 g/mol. The normalized spacial score (nSPS) is 21.1. The number of carboxylic acids is 1. The second-order valence-electron chi connectivity index (χ2n) is 5.73. The predicted molar refractivity (Wildman–Crippen MR) is 70.8 cm³/mol. The SMILES string of the molecule is C=C(C)OC(=O)N1CCN(C(C)(C)C)CC1C(=O)O. The first kappa shape index (κ1) is 15.5. The first-order chi connectivity index (χ1) is 8.62.